The van der Waals surface area contributed by atoms with Crippen molar-refractivity contribution in [1.29, 1.82) is 0 Å². The maximum Gasteiger partial charge on any atom is 0.329 e. The van der Waals surface area contributed by atoms with E-state index in [-0.39, 0.29) is 6.03 Å². The molecule has 0 aromatic rings. The highest BCUT2D eigenvalue weighted by molar-refractivity contribution is 5.86. The van der Waals surface area contributed by atoms with Gasteiger partial charge in [0.1, 0.15) is 5.54 Å². The topological polar surface area (TPSA) is 69.6 Å². The molecule has 1 heterocycles. The Morgan fingerprint density at radius 2 is 1.67 bits per heavy atom. The number of hydrogen-bond acceptors (Lipinski definition) is 2. The molecular formula is C16H26N2O3. The summed E-state index contributed by atoms with van der Waals surface area (Å²) in [6, 6.07) is -0.165. The summed E-state index contributed by atoms with van der Waals surface area (Å²) in [7, 11) is 0. The van der Waals surface area contributed by atoms with Gasteiger partial charge < -0.3 is 15.3 Å². The molecule has 2 saturated carbocycles. The van der Waals surface area contributed by atoms with Crippen LogP contribution in [0.1, 0.15) is 51.9 Å². The first-order valence-electron chi connectivity index (χ1n) is 8.31. The highest BCUT2D eigenvalue weighted by Gasteiger charge is 2.45. The van der Waals surface area contributed by atoms with Crippen LogP contribution in [-0.2, 0) is 4.79 Å². The van der Waals surface area contributed by atoms with E-state index in [1.807, 2.05) is 4.90 Å². The number of carbonyl (C=O) groups is 2. The molecule has 118 valence electrons. The number of carboxylic acid groups (broad SMARTS) is 1. The highest BCUT2D eigenvalue weighted by atomic mass is 16.4. The minimum absolute atomic E-state index is 0.165. The summed E-state index contributed by atoms with van der Waals surface area (Å²) in [5, 5.41) is 12.5. The van der Waals surface area contributed by atoms with Gasteiger partial charge in [-0.25, -0.2) is 9.59 Å². The minimum atomic E-state index is -1.04. The van der Waals surface area contributed by atoms with Crippen LogP contribution >= 0.6 is 0 Å². The van der Waals surface area contributed by atoms with E-state index in [9.17, 15) is 14.7 Å². The van der Waals surface area contributed by atoms with E-state index in [0.29, 0.717) is 30.6 Å². The van der Waals surface area contributed by atoms with E-state index < -0.39 is 11.5 Å². The number of hydrogen-bond donors (Lipinski definition) is 2. The number of amides is 2. The Morgan fingerprint density at radius 1 is 1.10 bits per heavy atom. The maximum atomic E-state index is 12.5. The van der Waals surface area contributed by atoms with Gasteiger partial charge in [-0.2, -0.15) is 0 Å². The molecule has 3 aliphatic rings. The first-order chi connectivity index (χ1) is 10.00. The first-order valence-corrected chi connectivity index (χ1v) is 8.31. The molecule has 5 heteroatoms. The summed E-state index contributed by atoms with van der Waals surface area (Å²) >= 11 is 0. The summed E-state index contributed by atoms with van der Waals surface area (Å²) in [6.07, 6.45) is 6.56. The van der Waals surface area contributed by atoms with Crippen molar-refractivity contribution in [2.45, 2.75) is 57.4 Å². The van der Waals surface area contributed by atoms with Crippen molar-refractivity contribution in [3.63, 3.8) is 0 Å². The molecular weight excluding hydrogens is 268 g/mol. The Labute approximate surface area is 126 Å². The van der Waals surface area contributed by atoms with E-state index >= 15 is 0 Å². The zero-order chi connectivity index (χ0) is 15.0. The third-order valence-corrected chi connectivity index (χ3v) is 5.90. The Morgan fingerprint density at radius 3 is 2.19 bits per heavy atom. The number of likely N-dealkylation sites (tertiary alicyclic amines) is 1. The molecule has 0 bridgehead atoms. The normalized spacial score (nSPS) is 39.1. The van der Waals surface area contributed by atoms with Gasteiger partial charge in [0, 0.05) is 13.1 Å². The molecule has 1 saturated heterocycles. The Bertz CT molecular complexity index is 417. The van der Waals surface area contributed by atoms with Gasteiger partial charge in [-0.15, -0.1) is 0 Å². The monoisotopic (exact) mass is 294 g/mol. The van der Waals surface area contributed by atoms with Gasteiger partial charge in [0.2, 0.25) is 0 Å². The predicted octanol–water partition coefficient (Wildman–Crippen LogP) is 2.46. The van der Waals surface area contributed by atoms with Crippen LogP contribution in [0.5, 0.6) is 0 Å². The van der Waals surface area contributed by atoms with Crippen LogP contribution in [0.15, 0.2) is 0 Å². The molecule has 3 fully saturated rings. The molecule has 2 atom stereocenters. The maximum absolute atomic E-state index is 12.5. The summed E-state index contributed by atoms with van der Waals surface area (Å²) in [4.78, 5) is 26.0. The van der Waals surface area contributed by atoms with Gasteiger partial charge in [-0.1, -0.05) is 13.3 Å². The lowest BCUT2D eigenvalue weighted by atomic mass is 9.77. The summed E-state index contributed by atoms with van der Waals surface area (Å²) in [6.45, 7) is 3.76. The highest BCUT2D eigenvalue weighted by Crippen LogP contribution is 2.38. The number of nitrogens with zero attached hydrogens (tertiary/aromatic N) is 1. The van der Waals surface area contributed by atoms with Crippen molar-refractivity contribution >= 4 is 12.0 Å². The zero-order valence-corrected chi connectivity index (χ0v) is 12.8. The molecule has 5 nitrogen and oxygen atoms in total. The second-order valence-electron chi connectivity index (χ2n) is 7.36. The largest absolute Gasteiger partial charge is 0.480 e. The van der Waals surface area contributed by atoms with Gasteiger partial charge in [-0.05, 0) is 56.3 Å². The van der Waals surface area contributed by atoms with Crippen LogP contribution in [0.2, 0.25) is 0 Å². The number of nitrogens with one attached hydrogen (secondary N) is 1. The molecule has 0 aromatic heterocycles. The second kappa shape index (κ2) is 5.50. The van der Waals surface area contributed by atoms with Gasteiger partial charge in [0.05, 0.1) is 0 Å². The molecule has 2 unspecified atom stereocenters. The summed E-state index contributed by atoms with van der Waals surface area (Å²) in [5.41, 5.74) is -1.04. The van der Waals surface area contributed by atoms with E-state index in [2.05, 4.69) is 12.2 Å². The number of carboxylic acids is 1. The van der Waals surface area contributed by atoms with Crippen molar-refractivity contribution in [1.82, 2.24) is 10.2 Å². The summed E-state index contributed by atoms with van der Waals surface area (Å²) in [5.74, 6) is 0.966. The summed E-state index contributed by atoms with van der Waals surface area (Å²) < 4.78 is 0. The SMILES string of the molecule is CC1CCC(NC(=O)N2CC3CCCC3C2)(C(=O)O)CC1. The van der Waals surface area contributed by atoms with Crippen LogP contribution in [-0.4, -0.2) is 40.6 Å². The van der Waals surface area contributed by atoms with Gasteiger partial charge in [0.25, 0.3) is 0 Å². The lowest BCUT2D eigenvalue weighted by Gasteiger charge is -2.37. The van der Waals surface area contributed by atoms with E-state index in [4.69, 9.17) is 0 Å². The van der Waals surface area contributed by atoms with E-state index in [1.165, 1.54) is 19.3 Å². The number of urea groups is 1. The van der Waals surface area contributed by atoms with Gasteiger partial charge in [0.15, 0.2) is 0 Å². The molecule has 2 aliphatic carbocycles. The Balaban J connectivity index is 1.63. The van der Waals surface area contributed by atoms with Crippen molar-refractivity contribution in [3.05, 3.63) is 0 Å². The quantitative estimate of drug-likeness (QED) is 0.822. The molecule has 2 amide bonds. The fourth-order valence-electron chi connectivity index (χ4n) is 4.33. The number of carbonyl (C=O) groups excluding carboxylic acids is 1. The lowest BCUT2D eigenvalue weighted by molar-refractivity contribution is -0.146. The van der Waals surface area contributed by atoms with Crippen LogP contribution in [0.4, 0.5) is 4.79 Å². The predicted molar refractivity (Wildman–Crippen MR) is 78.9 cm³/mol. The number of fused-ring (bicyclic) bond motifs is 1. The lowest BCUT2D eigenvalue weighted by Crippen LogP contribution is -2.59. The second-order valence-corrected chi connectivity index (χ2v) is 7.36. The standard InChI is InChI=1S/C16H26N2O3/c1-11-5-7-16(8-6-11,14(19)20)17-15(21)18-9-12-3-2-4-13(12)10-18/h11-13H,2-10H2,1H3,(H,17,21)(H,19,20). The molecule has 0 spiro atoms. The average Bonchev–Trinajstić information content (AvgIpc) is 3.02. The van der Waals surface area contributed by atoms with Crippen LogP contribution in [0.25, 0.3) is 0 Å². The first kappa shape index (κ1) is 14.7. The molecule has 0 aromatic carbocycles. The third-order valence-electron chi connectivity index (χ3n) is 5.90. The molecule has 21 heavy (non-hydrogen) atoms. The van der Waals surface area contributed by atoms with E-state index in [0.717, 1.165) is 25.9 Å². The molecule has 0 radical (unpaired) electrons. The zero-order valence-electron chi connectivity index (χ0n) is 12.8. The number of rotatable bonds is 2. The van der Waals surface area contributed by atoms with Crippen LogP contribution in [0.3, 0.4) is 0 Å². The Hall–Kier alpha value is -1.26. The van der Waals surface area contributed by atoms with Crippen molar-refractivity contribution in [3.8, 4) is 0 Å². The fraction of sp³-hybridized carbons (Fsp3) is 0.875. The molecule has 2 N–H and O–H groups in total. The van der Waals surface area contributed by atoms with Crippen LogP contribution in [0, 0.1) is 17.8 Å². The minimum Gasteiger partial charge on any atom is -0.480 e. The smallest absolute Gasteiger partial charge is 0.329 e. The fourth-order valence-corrected chi connectivity index (χ4v) is 4.33. The van der Waals surface area contributed by atoms with Gasteiger partial charge >= 0.3 is 12.0 Å². The van der Waals surface area contributed by atoms with Crippen molar-refractivity contribution < 1.29 is 14.7 Å². The van der Waals surface area contributed by atoms with Crippen molar-refractivity contribution in [2.75, 3.05) is 13.1 Å². The van der Waals surface area contributed by atoms with Gasteiger partial charge in [-0.3, -0.25) is 0 Å². The number of aliphatic carboxylic acids is 1. The average molecular weight is 294 g/mol. The van der Waals surface area contributed by atoms with E-state index in [1.54, 1.807) is 0 Å². The molecule has 3 rings (SSSR count). The van der Waals surface area contributed by atoms with Crippen LogP contribution < -0.4 is 5.32 Å². The van der Waals surface area contributed by atoms with Crippen molar-refractivity contribution in [2.24, 2.45) is 17.8 Å². The Kier molecular flexibility index (Phi) is 3.84. The molecule has 1 aliphatic heterocycles. The third kappa shape index (κ3) is 2.74.